The van der Waals surface area contributed by atoms with E-state index in [0.29, 0.717) is 12.3 Å². The van der Waals surface area contributed by atoms with Crippen LogP contribution in [0.1, 0.15) is 31.2 Å². The van der Waals surface area contributed by atoms with Crippen molar-refractivity contribution in [1.29, 1.82) is 0 Å². The number of methoxy groups -OCH3 is 1. The minimum atomic E-state index is -0.202. The van der Waals surface area contributed by atoms with Gasteiger partial charge in [-0.25, -0.2) is 4.39 Å². The predicted molar refractivity (Wildman–Crippen MR) is 83.4 cm³/mol. The van der Waals surface area contributed by atoms with Crippen LogP contribution in [0.15, 0.2) is 22.7 Å². The first kappa shape index (κ1) is 16.4. The molecule has 5 heteroatoms. The number of ether oxygens (including phenoxy) is 1. The molecule has 1 saturated heterocycles. The van der Waals surface area contributed by atoms with Crippen molar-refractivity contribution in [2.75, 3.05) is 20.2 Å². The van der Waals surface area contributed by atoms with E-state index in [9.17, 15) is 9.18 Å². The highest BCUT2D eigenvalue weighted by Gasteiger charge is 2.20. The van der Waals surface area contributed by atoms with Crippen LogP contribution in [0.2, 0.25) is 0 Å². The van der Waals surface area contributed by atoms with E-state index in [0.717, 1.165) is 48.9 Å². The summed E-state index contributed by atoms with van der Waals surface area (Å²) in [4.78, 5) is 13.7. The summed E-state index contributed by atoms with van der Waals surface area (Å²) in [6, 6.07) is 4.80. The van der Waals surface area contributed by atoms with Crippen LogP contribution >= 0.6 is 15.9 Å². The summed E-state index contributed by atoms with van der Waals surface area (Å²) in [6.45, 7) is 2.66. The van der Waals surface area contributed by atoms with Crippen molar-refractivity contribution >= 4 is 21.9 Å². The van der Waals surface area contributed by atoms with Crippen LogP contribution in [0.25, 0.3) is 0 Å². The number of nitrogens with zero attached hydrogens (tertiary/aromatic N) is 1. The fraction of sp³-hybridized carbons (Fsp3) is 0.562. The second-order valence-electron chi connectivity index (χ2n) is 5.59. The zero-order chi connectivity index (χ0) is 15.2. The Labute approximate surface area is 133 Å². The number of hydrogen-bond donors (Lipinski definition) is 0. The number of hydrogen-bond acceptors (Lipinski definition) is 3. The molecule has 1 atom stereocenters. The Kier molecular flexibility index (Phi) is 6.18. The molecule has 3 nitrogen and oxygen atoms in total. The Hall–Kier alpha value is -0.940. The molecule has 21 heavy (non-hydrogen) atoms. The van der Waals surface area contributed by atoms with E-state index in [1.807, 2.05) is 0 Å². The smallest absolute Gasteiger partial charge is 0.305 e. The summed E-state index contributed by atoms with van der Waals surface area (Å²) >= 11 is 3.48. The maximum Gasteiger partial charge on any atom is 0.305 e. The summed E-state index contributed by atoms with van der Waals surface area (Å²) in [5, 5.41) is 0. The molecule has 0 aliphatic carbocycles. The molecule has 2 rings (SSSR count). The average molecular weight is 358 g/mol. The molecule has 0 radical (unpaired) electrons. The van der Waals surface area contributed by atoms with Crippen molar-refractivity contribution in [3.8, 4) is 0 Å². The van der Waals surface area contributed by atoms with Crippen molar-refractivity contribution in [3.05, 3.63) is 34.1 Å². The molecule has 1 aromatic rings. The number of halogens is 2. The highest BCUT2D eigenvalue weighted by molar-refractivity contribution is 9.10. The number of benzene rings is 1. The Bertz CT molecular complexity index is 495. The maximum atomic E-state index is 13.3. The van der Waals surface area contributed by atoms with Gasteiger partial charge in [0, 0.05) is 17.4 Å². The molecule has 1 heterocycles. The van der Waals surface area contributed by atoms with Gasteiger partial charge in [-0.15, -0.1) is 0 Å². The summed E-state index contributed by atoms with van der Waals surface area (Å²) in [5.41, 5.74) is 0.974. The van der Waals surface area contributed by atoms with Gasteiger partial charge in [0.2, 0.25) is 0 Å². The molecule has 0 aromatic heterocycles. The molecule has 1 aromatic carbocycles. The molecule has 1 aliphatic heterocycles. The predicted octanol–water partition coefficient (Wildman–Crippen LogP) is 3.75. The second kappa shape index (κ2) is 7.90. The van der Waals surface area contributed by atoms with Gasteiger partial charge >= 0.3 is 5.97 Å². The van der Waals surface area contributed by atoms with E-state index in [-0.39, 0.29) is 11.8 Å². The number of carbonyl (C=O) groups is 1. The van der Waals surface area contributed by atoms with Gasteiger partial charge in [-0.1, -0.05) is 15.9 Å². The first-order chi connectivity index (χ1) is 10.1. The fourth-order valence-corrected chi connectivity index (χ4v) is 3.18. The summed E-state index contributed by atoms with van der Waals surface area (Å²) in [6.07, 6.45) is 3.61. The van der Waals surface area contributed by atoms with E-state index < -0.39 is 0 Å². The van der Waals surface area contributed by atoms with Gasteiger partial charge in [0.05, 0.1) is 7.11 Å². The Morgan fingerprint density at radius 2 is 2.24 bits per heavy atom. The first-order valence-electron chi connectivity index (χ1n) is 7.31. The highest BCUT2D eigenvalue weighted by Crippen LogP contribution is 2.24. The monoisotopic (exact) mass is 357 g/mol. The van der Waals surface area contributed by atoms with Crippen molar-refractivity contribution in [2.24, 2.45) is 5.92 Å². The quantitative estimate of drug-likeness (QED) is 0.768. The molecule has 1 fully saturated rings. The Morgan fingerprint density at radius 3 is 3.00 bits per heavy atom. The zero-order valence-electron chi connectivity index (χ0n) is 12.3. The fourth-order valence-electron chi connectivity index (χ4n) is 2.81. The Morgan fingerprint density at radius 1 is 1.43 bits per heavy atom. The Balaban J connectivity index is 1.91. The van der Waals surface area contributed by atoms with Crippen LogP contribution in [-0.4, -0.2) is 31.1 Å². The highest BCUT2D eigenvalue weighted by atomic mass is 79.9. The zero-order valence-corrected chi connectivity index (χ0v) is 13.9. The molecule has 0 spiro atoms. The van der Waals surface area contributed by atoms with Crippen molar-refractivity contribution < 1.29 is 13.9 Å². The largest absolute Gasteiger partial charge is 0.469 e. The van der Waals surface area contributed by atoms with Crippen LogP contribution in [0, 0.1) is 11.7 Å². The molecule has 0 saturated carbocycles. The van der Waals surface area contributed by atoms with E-state index in [4.69, 9.17) is 4.74 Å². The van der Waals surface area contributed by atoms with Crippen LogP contribution < -0.4 is 0 Å². The third-order valence-corrected chi connectivity index (χ3v) is 4.80. The summed E-state index contributed by atoms with van der Waals surface area (Å²) in [7, 11) is 1.44. The van der Waals surface area contributed by atoms with Gasteiger partial charge in [-0.05, 0) is 62.0 Å². The third-order valence-electron chi connectivity index (χ3n) is 4.03. The molecular weight excluding hydrogens is 337 g/mol. The maximum absolute atomic E-state index is 13.3. The molecule has 116 valence electrons. The molecular formula is C16H21BrFNO2. The topological polar surface area (TPSA) is 29.5 Å². The molecule has 0 unspecified atom stereocenters. The van der Waals surface area contributed by atoms with Crippen LogP contribution in [0.3, 0.4) is 0 Å². The molecule has 1 aliphatic rings. The van der Waals surface area contributed by atoms with E-state index in [1.54, 1.807) is 12.1 Å². The SMILES string of the molecule is COC(=O)C[C@H]1CCCN(Cc2cc(F)ccc2Br)CC1. The standard InChI is InChI=1S/C16H21BrFNO2/c1-21-16(20)9-12-3-2-7-19(8-6-12)11-13-10-14(18)4-5-15(13)17/h4-5,10,12H,2-3,6-9,11H2,1H3/t12-/m0/s1. The van der Waals surface area contributed by atoms with Gasteiger partial charge in [0.25, 0.3) is 0 Å². The number of esters is 1. The third kappa shape index (κ3) is 5.08. The summed E-state index contributed by atoms with van der Waals surface area (Å²) < 4.78 is 19.0. The van der Waals surface area contributed by atoms with E-state index in [2.05, 4.69) is 20.8 Å². The van der Waals surface area contributed by atoms with Crippen molar-refractivity contribution in [2.45, 2.75) is 32.2 Å². The normalized spacial score (nSPS) is 20.0. The van der Waals surface area contributed by atoms with Gasteiger partial charge in [0.15, 0.2) is 0 Å². The minimum Gasteiger partial charge on any atom is -0.469 e. The van der Waals surface area contributed by atoms with Crippen molar-refractivity contribution in [1.82, 2.24) is 4.90 Å². The lowest BCUT2D eigenvalue weighted by Crippen LogP contribution is -2.24. The van der Waals surface area contributed by atoms with Gasteiger partial charge in [-0.2, -0.15) is 0 Å². The van der Waals surface area contributed by atoms with Crippen molar-refractivity contribution in [3.63, 3.8) is 0 Å². The second-order valence-corrected chi connectivity index (χ2v) is 6.44. The lowest BCUT2D eigenvalue weighted by Gasteiger charge is -2.21. The molecule has 0 N–H and O–H groups in total. The van der Waals surface area contributed by atoms with E-state index >= 15 is 0 Å². The van der Waals surface area contributed by atoms with Crippen LogP contribution in [-0.2, 0) is 16.1 Å². The van der Waals surface area contributed by atoms with Crippen LogP contribution in [0.5, 0.6) is 0 Å². The van der Waals surface area contributed by atoms with Gasteiger partial charge in [-0.3, -0.25) is 9.69 Å². The molecule has 0 bridgehead atoms. The number of rotatable bonds is 4. The van der Waals surface area contributed by atoms with Gasteiger partial charge in [0.1, 0.15) is 5.82 Å². The number of carbonyl (C=O) groups excluding carboxylic acids is 1. The minimum absolute atomic E-state index is 0.124. The molecule has 0 amide bonds. The summed E-state index contributed by atoms with van der Waals surface area (Å²) in [5.74, 6) is 0.0753. The lowest BCUT2D eigenvalue weighted by atomic mass is 9.97. The lowest BCUT2D eigenvalue weighted by molar-refractivity contribution is -0.141. The average Bonchev–Trinajstić information content (AvgIpc) is 2.68. The first-order valence-corrected chi connectivity index (χ1v) is 8.11. The van der Waals surface area contributed by atoms with Crippen LogP contribution in [0.4, 0.5) is 4.39 Å². The van der Waals surface area contributed by atoms with E-state index in [1.165, 1.54) is 13.2 Å². The number of likely N-dealkylation sites (tertiary alicyclic amines) is 1. The van der Waals surface area contributed by atoms with Gasteiger partial charge < -0.3 is 4.74 Å².